The lowest BCUT2D eigenvalue weighted by molar-refractivity contribution is 0.102. The summed E-state index contributed by atoms with van der Waals surface area (Å²) in [5, 5.41) is 4.00. The zero-order valence-corrected chi connectivity index (χ0v) is 16.5. The lowest BCUT2D eigenvalue weighted by Crippen LogP contribution is -2.17. The minimum atomic E-state index is -0.211. The van der Waals surface area contributed by atoms with Crippen molar-refractivity contribution in [1.82, 2.24) is 4.98 Å². The molecule has 1 N–H and O–H groups in total. The lowest BCUT2D eigenvalue weighted by atomic mass is 10.1. The molecule has 4 nitrogen and oxygen atoms in total. The quantitative estimate of drug-likeness (QED) is 0.532. The van der Waals surface area contributed by atoms with Crippen molar-refractivity contribution in [1.29, 1.82) is 0 Å². The molecule has 0 unspecified atom stereocenters. The predicted octanol–water partition coefficient (Wildman–Crippen LogP) is 6.10. The number of carbonyl (C=O) groups excluding carboxylic acids is 1. The Morgan fingerprint density at radius 1 is 1.11 bits per heavy atom. The number of carbonyl (C=O) groups is 1. The van der Waals surface area contributed by atoms with E-state index in [1.54, 1.807) is 36.5 Å². The van der Waals surface area contributed by atoms with E-state index in [9.17, 15) is 4.79 Å². The zero-order valence-electron chi connectivity index (χ0n) is 15.0. The molecule has 0 radical (unpaired) electrons. The van der Waals surface area contributed by atoms with Crippen molar-refractivity contribution in [3.63, 3.8) is 0 Å². The molecular formula is C22H18Cl2N2O2. The SMILES string of the molecule is O=C(Nc1ccccc1C1CC1)c1cccnc1COc1cc(Cl)ccc1Cl. The fourth-order valence-electron chi connectivity index (χ4n) is 3.04. The van der Waals surface area contributed by atoms with Crippen molar-refractivity contribution in [3.8, 4) is 5.75 Å². The Bertz CT molecular complexity index is 1020. The second kappa shape index (κ2) is 8.21. The van der Waals surface area contributed by atoms with Gasteiger partial charge in [0.15, 0.2) is 0 Å². The van der Waals surface area contributed by atoms with Gasteiger partial charge in [0.2, 0.25) is 0 Å². The predicted molar refractivity (Wildman–Crippen MR) is 111 cm³/mol. The number of ether oxygens (including phenoxy) is 1. The smallest absolute Gasteiger partial charge is 0.257 e. The van der Waals surface area contributed by atoms with E-state index < -0.39 is 0 Å². The van der Waals surface area contributed by atoms with Gasteiger partial charge in [0.05, 0.1) is 16.3 Å². The maximum Gasteiger partial charge on any atom is 0.257 e. The first-order valence-electron chi connectivity index (χ1n) is 9.04. The van der Waals surface area contributed by atoms with E-state index in [1.165, 1.54) is 18.4 Å². The van der Waals surface area contributed by atoms with E-state index >= 15 is 0 Å². The highest BCUT2D eigenvalue weighted by molar-refractivity contribution is 6.34. The number of aromatic nitrogens is 1. The number of nitrogens with one attached hydrogen (secondary N) is 1. The number of halogens is 2. The lowest BCUT2D eigenvalue weighted by Gasteiger charge is -2.13. The molecule has 2 aromatic carbocycles. The molecule has 28 heavy (non-hydrogen) atoms. The van der Waals surface area contributed by atoms with E-state index in [4.69, 9.17) is 27.9 Å². The molecule has 0 bridgehead atoms. The van der Waals surface area contributed by atoms with Gasteiger partial charge in [-0.3, -0.25) is 9.78 Å². The first kappa shape index (κ1) is 18.8. The first-order valence-corrected chi connectivity index (χ1v) is 9.79. The Balaban J connectivity index is 1.52. The van der Waals surface area contributed by atoms with Crippen molar-refractivity contribution in [2.75, 3.05) is 5.32 Å². The number of hydrogen-bond donors (Lipinski definition) is 1. The highest BCUT2D eigenvalue weighted by Crippen LogP contribution is 2.43. The number of pyridine rings is 1. The van der Waals surface area contributed by atoms with Gasteiger partial charge in [0.25, 0.3) is 5.91 Å². The number of anilines is 1. The van der Waals surface area contributed by atoms with E-state index in [0.717, 1.165) is 5.69 Å². The summed E-state index contributed by atoms with van der Waals surface area (Å²) < 4.78 is 5.76. The Morgan fingerprint density at radius 2 is 1.93 bits per heavy atom. The van der Waals surface area contributed by atoms with Gasteiger partial charge in [-0.1, -0.05) is 41.4 Å². The van der Waals surface area contributed by atoms with Gasteiger partial charge in [-0.15, -0.1) is 0 Å². The Hall–Kier alpha value is -2.56. The van der Waals surface area contributed by atoms with Crippen molar-refractivity contribution in [2.45, 2.75) is 25.4 Å². The number of benzene rings is 2. The Morgan fingerprint density at radius 3 is 2.75 bits per heavy atom. The number of amides is 1. The summed E-state index contributed by atoms with van der Waals surface area (Å²) in [5.41, 5.74) is 3.03. The summed E-state index contributed by atoms with van der Waals surface area (Å²) >= 11 is 12.1. The van der Waals surface area contributed by atoms with Crippen molar-refractivity contribution < 1.29 is 9.53 Å². The van der Waals surface area contributed by atoms with Crippen LogP contribution >= 0.6 is 23.2 Å². The molecule has 1 aromatic heterocycles. The molecule has 6 heteroatoms. The van der Waals surface area contributed by atoms with Crippen LogP contribution in [0.5, 0.6) is 5.75 Å². The highest BCUT2D eigenvalue weighted by Gasteiger charge is 2.26. The number of nitrogens with zero attached hydrogens (tertiary/aromatic N) is 1. The molecule has 1 heterocycles. The molecule has 3 aromatic rings. The standard InChI is InChI=1S/C22H18Cl2N2O2/c23-15-9-10-18(24)21(12-15)28-13-20-17(5-3-11-25-20)22(27)26-19-6-2-1-4-16(19)14-7-8-14/h1-6,9-12,14H,7-8,13H2,(H,26,27). The van der Waals surface area contributed by atoms with Gasteiger partial charge in [0, 0.05) is 23.0 Å². The molecule has 142 valence electrons. The van der Waals surface area contributed by atoms with Gasteiger partial charge in [-0.25, -0.2) is 0 Å². The topological polar surface area (TPSA) is 51.2 Å². The number of rotatable bonds is 6. The second-order valence-electron chi connectivity index (χ2n) is 6.68. The summed E-state index contributed by atoms with van der Waals surface area (Å²) in [6.07, 6.45) is 3.96. The van der Waals surface area contributed by atoms with Crippen LogP contribution in [-0.2, 0) is 6.61 Å². The highest BCUT2D eigenvalue weighted by atomic mass is 35.5. The fourth-order valence-corrected chi connectivity index (χ4v) is 3.38. The number of para-hydroxylation sites is 1. The third-order valence-corrected chi connectivity index (χ3v) is 5.17. The van der Waals surface area contributed by atoms with Crippen LogP contribution in [0.2, 0.25) is 10.0 Å². The molecule has 0 saturated heterocycles. The van der Waals surface area contributed by atoms with Crippen LogP contribution in [-0.4, -0.2) is 10.9 Å². The summed E-state index contributed by atoms with van der Waals surface area (Å²) in [7, 11) is 0. The Kier molecular flexibility index (Phi) is 5.51. The summed E-state index contributed by atoms with van der Waals surface area (Å²) in [6.45, 7) is 0.105. The van der Waals surface area contributed by atoms with Gasteiger partial charge in [-0.05, 0) is 54.7 Å². The first-order chi connectivity index (χ1) is 13.6. The van der Waals surface area contributed by atoms with Crippen LogP contribution in [0.25, 0.3) is 0 Å². The van der Waals surface area contributed by atoms with Gasteiger partial charge in [0.1, 0.15) is 12.4 Å². The average Bonchev–Trinajstić information content (AvgIpc) is 3.54. The van der Waals surface area contributed by atoms with Gasteiger partial charge in [-0.2, -0.15) is 0 Å². The van der Waals surface area contributed by atoms with E-state index in [0.29, 0.717) is 33.0 Å². The van der Waals surface area contributed by atoms with Crippen LogP contribution < -0.4 is 10.1 Å². The summed E-state index contributed by atoms with van der Waals surface area (Å²) in [5.74, 6) is 0.778. The molecule has 1 saturated carbocycles. The monoisotopic (exact) mass is 412 g/mol. The van der Waals surface area contributed by atoms with Gasteiger partial charge < -0.3 is 10.1 Å². The van der Waals surface area contributed by atoms with E-state index in [2.05, 4.69) is 16.4 Å². The van der Waals surface area contributed by atoms with Crippen LogP contribution in [0.15, 0.2) is 60.8 Å². The molecule has 1 aliphatic carbocycles. The summed E-state index contributed by atoms with van der Waals surface area (Å²) in [4.78, 5) is 17.2. The zero-order chi connectivity index (χ0) is 19.5. The van der Waals surface area contributed by atoms with Crippen molar-refractivity contribution >= 4 is 34.8 Å². The molecule has 0 spiro atoms. The van der Waals surface area contributed by atoms with Crippen molar-refractivity contribution in [2.24, 2.45) is 0 Å². The minimum absolute atomic E-state index is 0.105. The maximum atomic E-state index is 12.9. The van der Waals surface area contributed by atoms with Crippen molar-refractivity contribution in [3.05, 3.63) is 87.7 Å². The largest absolute Gasteiger partial charge is 0.486 e. The third kappa shape index (κ3) is 4.29. The van der Waals surface area contributed by atoms with E-state index in [-0.39, 0.29) is 12.5 Å². The molecule has 4 rings (SSSR count). The van der Waals surface area contributed by atoms with E-state index in [1.807, 2.05) is 18.2 Å². The van der Waals surface area contributed by atoms with Crippen LogP contribution in [0.3, 0.4) is 0 Å². The molecule has 1 amide bonds. The molecule has 0 aliphatic heterocycles. The van der Waals surface area contributed by atoms with Crippen LogP contribution in [0, 0.1) is 0 Å². The fraction of sp³-hybridized carbons (Fsp3) is 0.182. The maximum absolute atomic E-state index is 12.9. The van der Waals surface area contributed by atoms with Crippen LogP contribution in [0.4, 0.5) is 5.69 Å². The average molecular weight is 413 g/mol. The second-order valence-corrected chi connectivity index (χ2v) is 7.52. The minimum Gasteiger partial charge on any atom is -0.486 e. The normalized spacial score (nSPS) is 13.2. The molecule has 0 atom stereocenters. The number of hydrogen-bond acceptors (Lipinski definition) is 3. The molecule has 1 aliphatic rings. The third-order valence-electron chi connectivity index (χ3n) is 4.62. The molecular weight excluding hydrogens is 395 g/mol. The molecule has 1 fully saturated rings. The summed E-state index contributed by atoms with van der Waals surface area (Å²) in [6, 6.07) is 16.4. The van der Waals surface area contributed by atoms with Gasteiger partial charge >= 0.3 is 0 Å². The Labute approximate surface area is 173 Å². The van der Waals surface area contributed by atoms with Crippen LogP contribution in [0.1, 0.15) is 40.4 Å².